The van der Waals surface area contributed by atoms with Gasteiger partial charge in [0.05, 0.1) is 5.25 Å². The minimum atomic E-state index is -3.83. The number of amides is 4. The first-order chi connectivity index (χ1) is 20.9. The molecule has 1 aliphatic heterocycles. The lowest BCUT2D eigenvalue weighted by Gasteiger charge is -2.36. The molecule has 0 bridgehead atoms. The summed E-state index contributed by atoms with van der Waals surface area (Å²) in [7, 11) is -3.83. The van der Waals surface area contributed by atoms with E-state index in [0.29, 0.717) is 25.8 Å². The van der Waals surface area contributed by atoms with Gasteiger partial charge in [0.1, 0.15) is 23.7 Å². The third kappa shape index (κ3) is 4.99. The van der Waals surface area contributed by atoms with Crippen LogP contribution in [-0.4, -0.2) is 72.7 Å². The Bertz CT molecular complexity index is 1410. The average molecular weight is 647 g/mol. The Balaban J connectivity index is 1.26. The van der Waals surface area contributed by atoms with Crippen molar-refractivity contribution < 1.29 is 32.3 Å². The maximum absolute atomic E-state index is 14.5. The number of nitrogens with zero attached hydrogens (tertiary/aromatic N) is 1. The second kappa shape index (κ2) is 10.4. The quantitative estimate of drug-likeness (QED) is 0.324. The molecule has 1 saturated heterocycles. The Kier molecular flexibility index (Phi) is 7.50. The van der Waals surface area contributed by atoms with E-state index < -0.39 is 62.1 Å². The van der Waals surface area contributed by atoms with E-state index in [1.807, 2.05) is 20.8 Å². The Morgan fingerprint density at radius 3 is 2.11 bits per heavy atom. The summed E-state index contributed by atoms with van der Waals surface area (Å²) < 4.78 is 33.1. The molecule has 5 atom stereocenters. The molecule has 6 rings (SSSR count). The largest absolute Gasteiger partial charge is 0.446 e. The van der Waals surface area contributed by atoms with Gasteiger partial charge in [0, 0.05) is 17.9 Å². The molecule has 6 fully saturated rings. The Labute approximate surface area is 267 Å². The van der Waals surface area contributed by atoms with Crippen molar-refractivity contribution in [1.29, 1.82) is 0 Å². The van der Waals surface area contributed by atoms with Gasteiger partial charge in [-0.3, -0.25) is 19.1 Å². The number of alkyl carbamates (subject to hydrolysis) is 1. The van der Waals surface area contributed by atoms with Crippen molar-refractivity contribution >= 4 is 33.8 Å². The molecule has 12 heteroatoms. The number of fused-ring (bicyclic) bond motifs is 1. The molecule has 45 heavy (non-hydrogen) atoms. The molecule has 0 aromatic rings. The normalized spacial score (nSPS) is 33.7. The summed E-state index contributed by atoms with van der Waals surface area (Å²) in [5.41, 5.74) is -2.44. The van der Waals surface area contributed by atoms with Gasteiger partial charge in [-0.15, -0.1) is 6.58 Å². The van der Waals surface area contributed by atoms with Crippen molar-refractivity contribution in [3.63, 3.8) is 0 Å². The molecule has 0 aromatic carbocycles. The molecule has 250 valence electrons. The van der Waals surface area contributed by atoms with Gasteiger partial charge >= 0.3 is 6.09 Å². The number of carbonyl (C=O) groups excluding carboxylic acids is 4. The van der Waals surface area contributed by atoms with Crippen LogP contribution in [0.3, 0.4) is 0 Å². The number of rotatable bonds is 9. The van der Waals surface area contributed by atoms with Crippen LogP contribution in [0.25, 0.3) is 0 Å². The number of ether oxygens (including phenoxy) is 1. The lowest BCUT2D eigenvalue weighted by molar-refractivity contribution is -0.143. The zero-order valence-electron chi connectivity index (χ0n) is 27.4. The summed E-state index contributed by atoms with van der Waals surface area (Å²) in [5.74, 6) is -2.03. The molecule has 11 nitrogen and oxygen atoms in total. The minimum absolute atomic E-state index is 0.0380. The Morgan fingerprint density at radius 1 is 0.978 bits per heavy atom. The van der Waals surface area contributed by atoms with Crippen molar-refractivity contribution in [1.82, 2.24) is 20.3 Å². The van der Waals surface area contributed by atoms with Gasteiger partial charge in [-0.25, -0.2) is 13.2 Å². The van der Waals surface area contributed by atoms with Crippen LogP contribution in [0.4, 0.5) is 4.79 Å². The second-order valence-corrected chi connectivity index (χ2v) is 18.2. The van der Waals surface area contributed by atoms with Crippen molar-refractivity contribution in [2.75, 3.05) is 6.54 Å². The molecule has 6 aliphatic rings. The predicted octanol–water partition coefficient (Wildman–Crippen LogP) is 3.54. The van der Waals surface area contributed by atoms with Gasteiger partial charge in [0.15, 0.2) is 0 Å². The van der Waals surface area contributed by atoms with Crippen LogP contribution in [-0.2, 0) is 29.1 Å². The molecule has 0 unspecified atom stereocenters. The maximum Gasteiger partial charge on any atom is 0.408 e. The second-order valence-electron chi connectivity index (χ2n) is 16.3. The van der Waals surface area contributed by atoms with Gasteiger partial charge in [0.2, 0.25) is 21.8 Å². The molecule has 0 radical (unpaired) electrons. The molecular weight excluding hydrogens is 596 g/mol. The minimum Gasteiger partial charge on any atom is -0.446 e. The summed E-state index contributed by atoms with van der Waals surface area (Å²) >= 11 is 0. The van der Waals surface area contributed by atoms with Crippen molar-refractivity contribution in [3.05, 3.63) is 12.7 Å². The van der Waals surface area contributed by atoms with Gasteiger partial charge in [0.25, 0.3) is 5.91 Å². The molecule has 3 N–H and O–H groups in total. The van der Waals surface area contributed by atoms with Crippen molar-refractivity contribution in [2.24, 2.45) is 27.6 Å². The smallest absolute Gasteiger partial charge is 0.408 e. The molecule has 0 aromatic heterocycles. The Hall–Kier alpha value is -2.63. The maximum atomic E-state index is 14.5. The van der Waals surface area contributed by atoms with E-state index in [1.165, 1.54) is 0 Å². The number of likely N-dealkylation sites (tertiary alicyclic amines) is 1. The van der Waals surface area contributed by atoms with E-state index in [4.69, 9.17) is 4.74 Å². The third-order valence-electron chi connectivity index (χ3n) is 12.6. The highest BCUT2D eigenvalue weighted by atomic mass is 32.2. The number of hydrogen-bond acceptors (Lipinski definition) is 7. The summed E-state index contributed by atoms with van der Waals surface area (Å²) in [6, 6.07) is -1.83. The van der Waals surface area contributed by atoms with Gasteiger partial charge in [-0.05, 0) is 80.5 Å². The van der Waals surface area contributed by atoms with Crippen LogP contribution in [0.2, 0.25) is 0 Å². The fourth-order valence-corrected chi connectivity index (χ4v) is 10.6. The number of carbonyl (C=O) groups is 4. The van der Waals surface area contributed by atoms with Crippen LogP contribution in [0.15, 0.2) is 12.7 Å². The van der Waals surface area contributed by atoms with E-state index in [-0.39, 0.29) is 34.7 Å². The molecule has 2 spiro atoms. The van der Waals surface area contributed by atoms with E-state index in [0.717, 1.165) is 44.9 Å². The van der Waals surface area contributed by atoms with Crippen LogP contribution >= 0.6 is 0 Å². The van der Waals surface area contributed by atoms with Gasteiger partial charge in [-0.2, -0.15) is 0 Å². The standard InChI is InChI=1S/C33H50N4O7S/c1-7-20-17-33(20,27(40)36-45(42,43)22-13-14-22)35-25(38)23-18-32(30(5,6)31(32)15-10-16-31)19-37(23)26(39)24(29(2,3)4)34-28(41)44-21-11-8-9-12-21/h7,20-24H,1,8-19H2,2-6H3,(H,34,41)(H,35,38)(H,36,40)/t20-,23+,24-,32-,33-/m1/s1. The lowest BCUT2D eigenvalue weighted by atomic mass is 9.73. The molecule has 1 heterocycles. The van der Waals surface area contributed by atoms with Gasteiger partial charge < -0.3 is 20.3 Å². The van der Waals surface area contributed by atoms with E-state index in [2.05, 4.69) is 35.8 Å². The first kappa shape index (κ1) is 32.3. The molecular formula is C33H50N4O7S. The fourth-order valence-electron chi connectivity index (χ4n) is 9.21. The summed E-state index contributed by atoms with van der Waals surface area (Å²) in [4.78, 5) is 56.9. The number of sulfonamides is 1. The Morgan fingerprint density at radius 2 is 1.62 bits per heavy atom. The highest BCUT2D eigenvalue weighted by Crippen LogP contribution is 2.88. The molecule has 4 amide bonds. The molecule has 5 saturated carbocycles. The highest BCUT2D eigenvalue weighted by Gasteiger charge is 2.85. The van der Waals surface area contributed by atoms with E-state index in [1.54, 1.807) is 11.0 Å². The van der Waals surface area contributed by atoms with Crippen LogP contribution in [0.1, 0.15) is 105 Å². The third-order valence-corrected chi connectivity index (χ3v) is 14.4. The fraction of sp³-hybridized carbons (Fsp3) is 0.818. The highest BCUT2D eigenvalue weighted by molar-refractivity contribution is 7.91. The van der Waals surface area contributed by atoms with Crippen molar-refractivity contribution in [2.45, 2.75) is 134 Å². The first-order valence-electron chi connectivity index (χ1n) is 16.7. The first-order valence-corrected chi connectivity index (χ1v) is 18.3. The summed E-state index contributed by atoms with van der Waals surface area (Å²) in [6.45, 7) is 14.2. The van der Waals surface area contributed by atoms with E-state index >= 15 is 0 Å². The SMILES string of the molecule is C=C[C@@H]1C[C@]1(NC(=O)[C@@H]1C[C@@]2(CN1C(=O)[C@@H](NC(=O)OC1CCCC1)C(C)(C)C)C(C)(C)C21CCC1)C(=O)NS(=O)(=O)C1CC1. The summed E-state index contributed by atoms with van der Waals surface area (Å²) in [6.07, 6.45) is 9.24. The average Bonchev–Trinajstić information content (AvgIpc) is 3.85. The van der Waals surface area contributed by atoms with Crippen LogP contribution in [0.5, 0.6) is 0 Å². The van der Waals surface area contributed by atoms with Crippen molar-refractivity contribution in [3.8, 4) is 0 Å². The zero-order chi connectivity index (χ0) is 32.8. The zero-order valence-corrected chi connectivity index (χ0v) is 28.2. The summed E-state index contributed by atoms with van der Waals surface area (Å²) in [5, 5.41) is 5.17. The lowest BCUT2D eigenvalue weighted by Crippen LogP contribution is -2.60. The monoisotopic (exact) mass is 646 g/mol. The van der Waals surface area contributed by atoms with Crippen LogP contribution in [0, 0.1) is 27.6 Å². The predicted molar refractivity (Wildman–Crippen MR) is 167 cm³/mol. The number of hydrogen-bond donors (Lipinski definition) is 3. The van der Waals surface area contributed by atoms with Crippen LogP contribution < -0.4 is 15.4 Å². The van der Waals surface area contributed by atoms with E-state index in [9.17, 15) is 27.6 Å². The van der Waals surface area contributed by atoms with Gasteiger partial charge in [-0.1, -0.05) is 47.1 Å². The molecule has 5 aliphatic carbocycles. The topological polar surface area (TPSA) is 151 Å². The number of nitrogens with one attached hydrogen (secondary N) is 3.